The van der Waals surface area contributed by atoms with E-state index >= 15 is 0 Å². The molecular weight excluding hydrogens is 306 g/mol. The smallest absolute Gasteiger partial charge is 0.248 e. The molecule has 0 aliphatic rings. The van der Waals surface area contributed by atoms with Crippen LogP contribution >= 0.6 is 0 Å². The van der Waals surface area contributed by atoms with Gasteiger partial charge in [0.2, 0.25) is 11.8 Å². The third kappa shape index (κ3) is 6.83. The van der Waals surface area contributed by atoms with Crippen LogP contribution in [0.2, 0.25) is 0 Å². The summed E-state index contributed by atoms with van der Waals surface area (Å²) in [5.74, 6) is 0.271. The van der Waals surface area contributed by atoms with Gasteiger partial charge in [-0.05, 0) is 37.1 Å². The van der Waals surface area contributed by atoms with Gasteiger partial charge in [0.25, 0.3) is 0 Å². The van der Waals surface area contributed by atoms with Crippen molar-refractivity contribution in [2.24, 2.45) is 5.73 Å². The van der Waals surface area contributed by atoms with Gasteiger partial charge in [0.15, 0.2) is 0 Å². The van der Waals surface area contributed by atoms with Crippen LogP contribution < -0.4 is 21.1 Å². The van der Waals surface area contributed by atoms with E-state index in [1.54, 1.807) is 37.5 Å². The maximum absolute atomic E-state index is 12.0. The zero-order valence-electron chi connectivity index (χ0n) is 14.5. The minimum absolute atomic E-state index is 0.198. The number of methoxy groups -OCH3 is 1. The quantitative estimate of drug-likeness (QED) is 0.604. The molecule has 1 aromatic carbocycles. The maximum atomic E-state index is 12.0. The first-order valence-electron chi connectivity index (χ1n) is 8.19. The summed E-state index contributed by atoms with van der Waals surface area (Å²) in [6.07, 6.45) is 5.34. The van der Waals surface area contributed by atoms with Gasteiger partial charge < -0.3 is 21.1 Å². The van der Waals surface area contributed by atoms with Gasteiger partial charge in [-0.1, -0.05) is 26.3 Å². The number of nitrogens with one attached hydrogen (secondary N) is 2. The van der Waals surface area contributed by atoms with Gasteiger partial charge in [-0.15, -0.1) is 0 Å². The van der Waals surface area contributed by atoms with E-state index in [2.05, 4.69) is 10.6 Å². The lowest BCUT2D eigenvalue weighted by atomic mass is 10.1. The highest BCUT2D eigenvalue weighted by Gasteiger charge is 2.14. The lowest BCUT2D eigenvalue weighted by Crippen LogP contribution is -2.44. The second kappa shape index (κ2) is 10.4. The van der Waals surface area contributed by atoms with Gasteiger partial charge in [0.05, 0.1) is 13.2 Å². The predicted molar refractivity (Wildman–Crippen MR) is 95.9 cm³/mol. The molecule has 0 spiro atoms. The molecule has 1 aromatic rings. The summed E-state index contributed by atoms with van der Waals surface area (Å²) in [4.78, 5) is 23.9. The Kier molecular flexibility index (Phi) is 8.57. The van der Waals surface area contributed by atoms with Crippen molar-refractivity contribution < 1.29 is 14.3 Å². The van der Waals surface area contributed by atoms with Crippen LogP contribution in [0, 0.1) is 0 Å². The summed E-state index contributed by atoms with van der Waals surface area (Å²) in [7, 11) is 1.59. The van der Waals surface area contributed by atoms with E-state index in [1.165, 1.54) is 6.08 Å². The van der Waals surface area contributed by atoms with Gasteiger partial charge >= 0.3 is 0 Å². The van der Waals surface area contributed by atoms with E-state index in [0.29, 0.717) is 12.1 Å². The number of hydrogen-bond donors (Lipinski definition) is 3. The van der Waals surface area contributed by atoms with Crippen molar-refractivity contribution in [2.75, 3.05) is 12.4 Å². The Morgan fingerprint density at radius 2 is 1.92 bits per heavy atom. The second-order valence-corrected chi connectivity index (χ2v) is 5.50. The predicted octanol–water partition coefficient (Wildman–Crippen LogP) is 2.21. The van der Waals surface area contributed by atoms with Crippen molar-refractivity contribution in [3.63, 3.8) is 0 Å². The Balaban J connectivity index is 2.60. The number of nitrogens with two attached hydrogens (primary N) is 1. The van der Waals surface area contributed by atoms with Gasteiger partial charge in [-0.2, -0.15) is 0 Å². The highest BCUT2D eigenvalue weighted by atomic mass is 16.5. The van der Waals surface area contributed by atoms with Crippen LogP contribution in [-0.2, 0) is 9.59 Å². The Morgan fingerprint density at radius 1 is 1.25 bits per heavy atom. The van der Waals surface area contributed by atoms with E-state index in [1.807, 2.05) is 13.8 Å². The summed E-state index contributed by atoms with van der Waals surface area (Å²) in [6.45, 7) is 3.88. The minimum Gasteiger partial charge on any atom is -0.497 e. The molecule has 6 nitrogen and oxygen atoms in total. The molecule has 0 aliphatic heterocycles. The number of ether oxygens (including phenoxy) is 1. The standard InChI is InChI=1S/C18H27N3O3/c1-4-6-13(21-18(23)16(19)5-2)9-12-17(22)20-14-7-10-15(24-3)11-8-14/h7-13,16H,4-6,19H2,1-3H3,(H,20,22)(H,21,23)/t13-,16-/m0/s1. The molecule has 0 unspecified atom stereocenters. The molecule has 4 N–H and O–H groups in total. The molecule has 2 atom stereocenters. The fourth-order valence-electron chi connectivity index (χ4n) is 2.06. The van der Waals surface area contributed by atoms with Crippen LogP contribution in [0.15, 0.2) is 36.4 Å². The topological polar surface area (TPSA) is 93.5 Å². The van der Waals surface area contributed by atoms with Gasteiger partial charge in [-0.3, -0.25) is 9.59 Å². The normalized spacial score (nSPS) is 13.3. The summed E-state index contributed by atoms with van der Waals surface area (Å²) in [5, 5.41) is 5.61. The Morgan fingerprint density at radius 3 is 2.46 bits per heavy atom. The molecule has 1 rings (SSSR count). The number of anilines is 1. The third-order valence-electron chi connectivity index (χ3n) is 3.54. The van der Waals surface area contributed by atoms with Crippen molar-refractivity contribution in [2.45, 2.75) is 45.2 Å². The lowest BCUT2D eigenvalue weighted by molar-refractivity contribution is -0.123. The fraction of sp³-hybridized carbons (Fsp3) is 0.444. The molecule has 6 heteroatoms. The van der Waals surface area contributed by atoms with Crippen LogP contribution in [0.1, 0.15) is 33.1 Å². The average Bonchev–Trinajstić information content (AvgIpc) is 2.59. The van der Waals surface area contributed by atoms with E-state index in [4.69, 9.17) is 10.5 Å². The highest BCUT2D eigenvalue weighted by molar-refractivity contribution is 5.99. The first-order chi connectivity index (χ1) is 11.5. The molecule has 0 radical (unpaired) electrons. The first kappa shape index (κ1) is 19.7. The van der Waals surface area contributed by atoms with E-state index < -0.39 is 6.04 Å². The Labute approximate surface area is 143 Å². The van der Waals surface area contributed by atoms with Crippen molar-refractivity contribution in [3.05, 3.63) is 36.4 Å². The summed E-state index contributed by atoms with van der Waals surface area (Å²) < 4.78 is 5.07. The highest BCUT2D eigenvalue weighted by Crippen LogP contribution is 2.14. The zero-order valence-corrected chi connectivity index (χ0v) is 14.5. The molecule has 132 valence electrons. The van der Waals surface area contributed by atoms with Crippen molar-refractivity contribution >= 4 is 17.5 Å². The molecule has 0 saturated carbocycles. The number of amides is 2. The molecule has 0 fully saturated rings. The van der Waals surface area contributed by atoms with Crippen LogP contribution in [-0.4, -0.2) is 31.0 Å². The number of benzene rings is 1. The first-order valence-corrected chi connectivity index (χ1v) is 8.19. The Bertz CT molecular complexity index is 555. The van der Waals surface area contributed by atoms with Crippen LogP contribution in [0.25, 0.3) is 0 Å². The maximum Gasteiger partial charge on any atom is 0.248 e. The largest absolute Gasteiger partial charge is 0.497 e. The van der Waals surface area contributed by atoms with E-state index in [-0.39, 0.29) is 17.9 Å². The van der Waals surface area contributed by atoms with Crippen molar-refractivity contribution in [1.29, 1.82) is 0 Å². The number of hydrogen-bond acceptors (Lipinski definition) is 4. The summed E-state index contributed by atoms with van der Waals surface area (Å²) in [5.41, 5.74) is 6.39. The molecular formula is C18H27N3O3. The average molecular weight is 333 g/mol. The van der Waals surface area contributed by atoms with Gasteiger partial charge in [-0.25, -0.2) is 0 Å². The lowest BCUT2D eigenvalue weighted by Gasteiger charge is -2.17. The van der Waals surface area contributed by atoms with Crippen LogP contribution in [0.5, 0.6) is 5.75 Å². The van der Waals surface area contributed by atoms with Gasteiger partial charge in [0.1, 0.15) is 5.75 Å². The number of carbonyl (C=O) groups is 2. The Hall–Kier alpha value is -2.34. The third-order valence-corrected chi connectivity index (χ3v) is 3.54. The zero-order chi connectivity index (χ0) is 17.9. The van der Waals surface area contributed by atoms with Crippen molar-refractivity contribution in [3.8, 4) is 5.75 Å². The number of rotatable bonds is 9. The molecule has 2 amide bonds. The molecule has 0 saturated heterocycles. The minimum atomic E-state index is -0.522. The molecule has 0 heterocycles. The second-order valence-electron chi connectivity index (χ2n) is 5.50. The molecule has 0 bridgehead atoms. The SMILES string of the molecule is CCC[C@@H](C=CC(=O)Nc1ccc(OC)cc1)NC(=O)[C@@H](N)CC. The van der Waals surface area contributed by atoms with Crippen LogP contribution in [0.3, 0.4) is 0 Å². The van der Waals surface area contributed by atoms with E-state index in [0.717, 1.165) is 18.6 Å². The summed E-state index contributed by atoms with van der Waals surface area (Å²) >= 11 is 0. The van der Waals surface area contributed by atoms with Crippen LogP contribution in [0.4, 0.5) is 5.69 Å². The molecule has 0 aromatic heterocycles. The summed E-state index contributed by atoms with van der Waals surface area (Å²) in [6, 6.07) is 6.33. The molecule has 0 aliphatic carbocycles. The van der Waals surface area contributed by atoms with Crippen molar-refractivity contribution in [1.82, 2.24) is 5.32 Å². The number of carbonyl (C=O) groups excluding carboxylic acids is 2. The molecule has 24 heavy (non-hydrogen) atoms. The van der Waals surface area contributed by atoms with E-state index in [9.17, 15) is 9.59 Å². The monoisotopic (exact) mass is 333 g/mol. The fourth-order valence-corrected chi connectivity index (χ4v) is 2.06. The van der Waals surface area contributed by atoms with Gasteiger partial charge in [0, 0.05) is 17.8 Å².